The predicted molar refractivity (Wildman–Crippen MR) is 122 cm³/mol. The van der Waals surface area contributed by atoms with Crippen molar-refractivity contribution in [3.63, 3.8) is 0 Å². The molecule has 0 spiro atoms. The molecular weight excluding hydrogens is 445 g/mol. The molecule has 0 radical (unpaired) electrons. The summed E-state index contributed by atoms with van der Waals surface area (Å²) >= 11 is 0. The number of nitrogens with one attached hydrogen (secondary N) is 1. The molecule has 0 aliphatic rings. The summed E-state index contributed by atoms with van der Waals surface area (Å²) in [6, 6.07) is 22.4. The number of ether oxygens (including phenoxy) is 2. The predicted octanol–water partition coefficient (Wildman–Crippen LogP) is 6.57. The monoisotopic (exact) mass is 462 g/mol. The van der Waals surface area contributed by atoms with Gasteiger partial charge in [-0.25, -0.2) is 0 Å². The van der Waals surface area contributed by atoms with Crippen LogP contribution in [0.1, 0.15) is 0 Å². The van der Waals surface area contributed by atoms with Crippen LogP contribution in [0.25, 0.3) is 33.3 Å². The Morgan fingerprint density at radius 1 is 0.765 bits per heavy atom. The van der Waals surface area contributed by atoms with Crippen LogP contribution in [0.5, 0.6) is 17.2 Å². The van der Waals surface area contributed by atoms with Crippen LogP contribution < -0.4 is 15.2 Å². The van der Waals surface area contributed by atoms with Crippen LogP contribution in [0, 0.1) is 0 Å². The van der Waals surface area contributed by atoms with Crippen molar-refractivity contribution in [2.75, 3.05) is 5.73 Å². The van der Waals surface area contributed by atoms with Gasteiger partial charge in [-0.15, -0.1) is 13.2 Å². The summed E-state index contributed by atoms with van der Waals surface area (Å²) in [6.07, 6.45) is -3.09. The fourth-order valence-corrected chi connectivity index (χ4v) is 3.64. The van der Waals surface area contributed by atoms with Gasteiger partial charge in [0.15, 0.2) is 5.82 Å². The first kappa shape index (κ1) is 21.3. The molecule has 0 saturated heterocycles. The van der Waals surface area contributed by atoms with E-state index in [1.165, 1.54) is 24.3 Å². The number of aromatic amines is 1. The number of alkyl halides is 3. The second-order valence-corrected chi connectivity index (χ2v) is 7.39. The summed E-state index contributed by atoms with van der Waals surface area (Å²) in [6.45, 7) is 0. The average Bonchev–Trinajstić information content (AvgIpc) is 3.21. The molecular formula is C25H17F3N4O2. The molecule has 0 bridgehead atoms. The number of pyridine rings is 1. The number of nitrogen functional groups attached to an aromatic ring is 1. The molecule has 34 heavy (non-hydrogen) atoms. The van der Waals surface area contributed by atoms with E-state index >= 15 is 0 Å². The fourth-order valence-electron chi connectivity index (χ4n) is 3.64. The topological polar surface area (TPSA) is 86.0 Å². The van der Waals surface area contributed by atoms with Gasteiger partial charge in [0.2, 0.25) is 0 Å². The minimum Gasteiger partial charge on any atom is -0.457 e. The van der Waals surface area contributed by atoms with Gasteiger partial charge in [0.05, 0.1) is 16.6 Å². The minimum atomic E-state index is -4.76. The van der Waals surface area contributed by atoms with Crippen molar-refractivity contribution in [1.29, 1.82) is 0 Å². The standard InChI is InChI=1S/C25H17F3N4O2/c26-25(27,28)34-19-12-8-16(9-13-19)22-23-21(24(29)32-31-23)20(14-30-22)15-6-10-18(11-7-15)33-17-4-2-1-3-5-17/h1-14H,(H3,29,31,32). The van der Waals surface area contributed by atoms with Gasteiger partial charge in [-0.05, 0) is 54.1 Å². The molecule has 2 heterocycles. The lowest BCUT2D eigenvalue weighted by atomic mass is 10.0. The Labute approximate surface area is 191 Å². The van der Waals surface area contributed by atoms with Gasteiger partial charge >= 0.3 is 6.36 Å². The Bertz CT molecular complexity index is 1430. The lowest BCUT2D eigenvalue weighted by Crippen LogP contribution is -2.16. The molecule has 0 aliphatic carbocycles. The summed E-state index contributed by atoms with van der Waals surface area (Å²) in [4.78, 5) is 4.54. The normalized spacial score (nSPS) is 11.5. The molecule has 170 valence electrons. The number of benzene rings is 3. The van der Waals surface area contributed by atoms with E-state index < -0.39 is 6.36 Å². The molecule has 6 nitrogen and oxygen atoms in total. The third kappa shape index (κ3) is 4.36. The van der Waals surface area contributed by atoms with Gasteiger partial charge in [0.1, 0.15) is 17.2 Å². The number of hydrogen-bond donors (Lipinski definition) is 2. The lowest BCUT2D eigenvalue weighted by molar-refractivity contribution is -0.274. The number of hydrogen-bond acceptors (Lipinski definition) is 5. The van der Waals surface area contributed by atoms with Crippen LogP contribution in [-0.4, -0.2) is 21.5 Å². The first-order valence-electron chi connectivity index (χ1n) is 10.2. The van der Waals surface area contributed by atoms with Gasteiger partial charge in [-0.1, -0.05) is 30.3 Å². The highest BCUT2D eigenvalue weighted by Crippen LogP contribution is 2.37. The molecule has 0 amide bonds. The summed E-state index contributed by atoms with van der Waals surface area (Å²) in [5.74, 6) is 1.38. The lowest BCUT2D eigenvalue weighted by Gasteiger charge is -2.11. The van der Waals surface area contributed by atoms with Crippen molar-refractivity contribution in [3.8, 4) is 39.6 Å². The molecule has 3 aromatic carbocycles. The van der Waals surface area contributed by atoms with Crippen molar-refractivity contribution in [3.05, 3.63) is 85.1 Å². The number of rotatable bonds is 5. The van der Waals surface area contributed by atoms with Crippen molar-refractivity contribution in [1.82, 2.24) is 15.2 Å². The molecule has 5 rings (SSSR count). The highest BCUT2D eigenvalue weighted by atomic mass is 19.4. The Morgan fingerprint density at radius 3 is 2.06 bits per heavy atom. The maximum atomic E-state index is 12.4. The van der Waals surface area contributed by atoms with Gasteiger partial charge in [0, 0.05) is 17.3 Å². The van der Waals surface area contributed by atoms with E-state index in [9.17, 15) is 13.2 Å². The summed E-state index contributed by atoms with van der Waals surface area (Å²) in [7, 11) is 0. The number of halogens is 3. The first-order valence-corrected chi connectivity index (χ1v) is 10.2. The number of aromatic nitrogens is 3. The van der Waals surface area contributed by atoms with E-state index in [0.29, 0.717) is 27.9 Å². The smallest absolute Gasteiger partial charge is 0.457 e. The molecule has 9 heteroatoms. The maximum absolute atomic E-state index is 12.4. The summed E-state index contributed by atoms with van der Waals surface area (Å²) in [5.41, 5.74) is 9.42. The van der Waals surface area contributed by atoms with E-state index in [-0.39, 0.29) is 11.6 Å². The molecule has 0 aliphatic heterocycles. The molecule has 0 fully saturated rings. The molecule has 0 unspecified atom stereocenters. The maximum Gasteiger partial charge on any atom is 0.573 e. The van der Waals surface area contributed by atoms with E-state index in [0.717, 1.165) is 16.9 Å². The SMILES string of the molecule is Nc1n[nH]c2c(-c3ccc(OC(F)(F)F)cc3)ncc(-c3ccc(Oc4ccccc4)cc3)c12. The molecule has 0 saturated carbocycles. The summed E-state index contributed by atoms with van der Waals surface area (Å²) < 4.78 is 47.1. The minimum absolute atomic E-state index is 0.287. The van der Waals surface area contributed by atoms with E-state index in [1.54, 1.807) is 6.20 Å². The molecule has 0 atom stereocenters. The zero-order chi connectivity index (χ0) is 23.7. The number of anilines is 1. The van der Waals surface area contributed by atoms with Crippen LogP contribution >= 0.6 is 0 Å². The quantitative estimate of drug-likeness (QED) is 0.309. The van der Waals surface area contributed by atoms with Crippen LogP contribution in [0.15, 0.2) is 85.1 Å². The molecule has 5 aromatic rings. The molecule has 2 aromatic heterocycles. The number of H-pyrrole nitrogens is 1. The van der Waals surface area contributed by atoms with Gasteiger partial charge in [-0.3, -0.25) is 10.1 Å². The third-order valence-electron chi connectivity index (χ3n) is 5.13. The fraction of sp³-hybridized carbons (Fsp3) is 0.0400. The number of nitrogens with two attached hydrogens (primary N) is 1. The van der Waals surface area contributed by atoms with Crippen LogP contribution in [-0.2, 0) is 0 Å². The van der Waals surface area contributed by atoms with Crippen molar-refractivity contribution >= 4 is 16.7 Å². The van der Waals surface area contributed by atoms with Gasteiger partial charge < -0.3 is 15.2 Å². The first-order chi connectivity index (χ1) is 16.4. The van der Waals surface area contributed by atoms with Crippen molar-refractivity contribution in [2.45, 2.75) is 6.36 Å². The number of nitrogens with zero attached hydrogens (tertiary/aromatic N) is 2. The third-order valence-corrected chi connectivity index (χ3v) is 5.13. The highest BCUT2D eigenvalue weighted by Gasteiger charge is 2.31. The van der Waals surface area contributed by atoms with Crippen LogP contribution in [0.3, 0.4) is 0 Å². The highest BCUT2D eigenvalue weighted by molar-refractivity contribution is 6.06. The summed E-state index contributed by atoms with van der Waals surface area (Å²) in [5, 5.41) is 7.67. The van der Waals surface area contributed by atoms with E-state index in [1.807, 2.05) is 54.6 Å². The second-order valence-electron chi connectivity index (χ2n) is 7.39. The zero-order valence-electron chi connectivity index (χ0n) is 17.5. The van der Waals surface area contributed by atoms with Crippen molar-refractivity contribution < 1.29 is 22.6 Å². The van der Waals surface area contributed by atoms with E-state index in [2.05, 4.69) is 19.9 Å². The average molecular weight is 462 g/mol. The van der Waals surface area contributed by atoms with Crippen molar-refractivity contribution in [2.24, 2.45) is 0 Å². The second kappa shape index (κ2) is 8.43. The zero-order valence-corrected chi connectivity index (χ0v) is 17.5. The molecule has 3 N–H and O–H groups in total. The Kier molecular flexibility index (Phi) is 5.29. The Hall–Kier alpha value is -4.53. The van der Waals surface area contributed by atoms with Crippen LogP contribution in [0.4, 0.5) is 19.0 Å². The largest absolute Gasteiger partial charge is 0.573 e. The number of fused-ring (bicyclic) bond motifs is 1. The van der Waals surface area contributed by atoms with Gasteiger partial charge in [0.25, 0.3) is 0 Å². The Balaban J connectivity index is 1.47. The Morgan fingerprint density at radius 2 is 1.38 bits per heavy atom. The van der Waals surface area contributed by atoms with Gasteiger partial charge in [-0.2, -0.15) is 5.10 Å². The van der Waals surface area contributed by atoms with E-state index in [4.69, 9.17) is 10.5 Å². The van der Waals surface area contributed by atoms with Crippen LogP contribution in [0.2, 0.25) is 0 Å². The number of para-hydroxylation sites is 1.